The molecule has 1 aromatic carbocycles. The Morgan fingerprint density at radius 2 is 2.25 bits per heavy atom. The SMILES string of the molecule is CC(C)COCCCn1nnc2cccc(C(=O)O)c21. The van der Waals surface area contributed by atoms with Crippen molar-refractivity contribution in [2.24, 2.45) is 5.92 Å². The van der Waals surface area contributed by atoms with E-state index >= 15 is 0 Å². The molecule has 6 nitrogen and oxygen atoms in total. The highest BCUT2D eigenvalue weighted by atomic mass is 16.5. The van der Waals surface area contributed by atoms with E-state index in [9.17, 15) is 9.90 Å². The summed E-state index contributed by atoms with van der Waals surface area (Å²) >= 11 is 0. The summed E-state index contributed by atoms with van der Waals surface area (Å²) in [5.74, 6) is -0.448. The Hall–Kier alpha value is -1.95. The van der Waals surface area contributed by atoms with Crippen LogP contribution in [0.3, 0.4) is 0 Å². The number of aryl methyl sites for hydroxylation is 1. The van der Waals surface area contributed by atoms with Crippen LogP contribution in [0, 0.1) is 5.92 Å². The van der Waals surface area contributed by atoms with Gasteiger partial charge in [0.25, 0.3) is 0 Å². The van der Waals surface area contributed by atoms with Gasteiger partial charge in [-0.15, -0.1) is 5.10 Å². The van der Waals surface area contributed by atoms with Crippen molar-refractivity contribution in [3.8, 4) is 0 Å². The molecule has 0 bridgehead atoms. The van der Waals surface area contributed by atoms with Gasteiger partial charge in [-0.2, -0.15) is 0 Å². The topological polar surface area (TPSA) is 77.2 Å². The normalized spacial score (nSPS) is 11.3. The van der Waals surface area contributed by atoms with E-state index in [4.69, 9.17) is 4.74 Å². The van der Waals surface area contributed by atoms with Crippen molar-refractivity contribution in [1.29, 1.82) is 0 Å². The molecule has 2 aromatic rings. The molecule has 0 saturated heterocycles. The summed E-state index contributed by atoms with van der Waals surface area (Å²) < 4.78 is 7.14. The second-order valence-corrected chi connectivity index (χ2v) is 5.11. The van der Waals surface area contributed by atoms with Crippen LogP contribution in [-0.4, -0.2) is 39.3 Å². The lowest BCUT2D eigenvalue weighted by molar-refractivity contribution is 0.0698. The standard InChI is InChI=1S/C14H19N3O3/c1-10(2)9-20-8-4-7-17-13-11(14(18)19)5-3-6-12(13)15-16-17/h3,5-6,10H,4,7-9H2,1-2H3,(H,18,19). The van der Waals surface area contributed by atoms with Gasteiger partial charge < -0.3 is 9.84 Å². The minimum atomic E-state index is -0.963. The first kappa shape index (κ1) is 14.5. The van der Waals surface area contributed by atoms with Gasteiger partial charge in [0.15, 0.2) is 0 Å². The van der Waals surface area contributed by atoms with Crippen LogP contribution in [-0.2, 0) is 11.3 Å². The zero-order valence-electron chi connectivity index (χ0n) is 11.7. The van der Waals surface area contributed by atoms with Crippen molar-refractivity contribution >= 4 is 17.0 Å². The Bertz CT molecular complexity index is 592. The van der Waals surface area contributed by atoms with E-state index in [0.717, 1.165) is 13.0 Å². The molecule has 0 fully saturated rings. The van der Waals surface area contributed by atoms with E-state index in [-0.39, 0.29) is 5.56 Å². The smallest absolute Gasteiger partial charge is 0.337 e. The van der Waals surface area contributed by atoms with Crippen LogP contribution in [0.2, 0.25) is 0 Å². The van der Waals surface area contributed by atoms with Crippen molar-refractivity contribution in [2.45, 2.75) is 26.8 Å². The van der Waals surface area contributed by atoms with E-state index in [1.807, 2.05) is 0 Å². The Morgan fingerprint density at radius 1 is 1.45 bits per heavy atom. The van der Waals surface area contributed by atoms with E-state index in [1.165, 1.54) is 0 Å². The summed E-state index contributed by atoms with van der Waals surface area (Å²) in [5.41, 5.74) is 1.41. The number of ether oxygens (including phenoxy) is 1. The maximum atomic E-state index is 11.2. The molecule has 0 saturated carbocycles. The molecule has 20 heavy (non-hydrogen) atoms. The van der Waals surface area contributed by atoms with E-state index in [2.05, 4.69) is 24.2 Å². The number of aromatic nitrogens is 3. The molecule has 1 N–H and O–H groups in total. The molecule has 0 spiro atoms. The minimum Gasteiger partial charge on any atom is -0.478 e. The van der Waals surface area contributed by atoms with Gasteiger partial charge in [0.1, 0.15) is 11.0 Å². The van der Waals surface area contributed by atoms with Crippen LogP contribution in [0.5, 0.6) is 0 Å². The third-order valence-electron chi connectivity index (χ3n) is 2.87. The minimum absolute atomic E-state index is 0.232. The van der Waals surface area contributed by atoms with Crippen molar-refractivity contribution in [3.05, 3.63) is 23.8 Å². The lowest BCUT2D eigenvalue weighted by atomic mass is 10.2. The van der Waals surface area contributed by atoms with E-state index in [0.29, 0.717) is 30.1 Å². The van der Waals surface area contributed by atoms with Gasteiger partial charge in [-0.3, -0.25) is 0 Å². The van der Waals surface area contributed by atoms with Crippen molar-refractivity contribution in [2.75, 3.05) is 13.2 Å². The first-order valence-electron chi connectivity index (χ1n) is 6.73. The van der Waals surface area contributed by atoms with Crippen LogP contribution < -0.4 is 0 Å². The number of hydrogen-bond donors (Lipinski definition) is 1. The summed E-state index contributed by atoms with van der Waals surface area (Å²) in [4.78, 5) is 11.2. The van der Waals surface area contributed by atoms with Gasteiger partial charge in [-0.05, 0) is 24.5 Å². The maximum Gasteiger partial charge on any atom is 0.337 e. The number of rotatable bonds is 7. The van der Waals surface area contributed by atoms with Crippen LogP contribution >= 0.6 is 0 Å². The van der Waals surface area contributed by atoms with Gasteiger partial charge in [0.2, 0.25) is 0 Å². The highest BCUT2D eigenvalue weighted by molar-refractivity contribution is 6.00. The Morgan fingerprint density at radius 3 is 2.95 bits per heavy atom. The van der Waals surface area contributed by atoms with Crippen molar-refractivity contribution in [3.63, 3.8) is 0 Å². The van der Waals surface area contributed by atoms with E-state index in [1.54, 1.807) is 22.9 Å². The number of aromatic carboxylic acids is 1. The summed E-state index contributed by atoms with van der Waals surface area (Å²) in [5, 5.41) is 17.2. The van der Waals surface area contributed by atoms with Crippen molar-refractivity contribution in [1.82, 2.24) is 15.0 Å². The number of carboxylic acids is 1. The van der Waals surface area contributed by atoms with Crippen molar-refractivity contribution < 1.29 is 14.6 Å². The van der Waals surface area contributed by atoms with Crippen LogP contribution in [0.15, 0.2) is 18.2 Å². The summed E-state index contributed by atoms with van der Waals surface area (Å²) in [6.45, 7) is 6.17. The van der Waals surface area contributed by atoms with Gasteiger partial charge in [-0.1, -0.05) is 25.1 Å². The second-order valence-electron chi connectivity index (χ2n) is 5.11. The molecule has 1 heterocycles. The molecule has 0 atom stereocenters. The van der Waals surface area contributed by atoms with Crippen LogP contribution in [0.4, 0.5) is 0 Å². The molecular weight excluding hydrogens is 258 g/mol. The summed E-state index contributed by atoms with van der Waals surface area (Å²) in [7, 11) is 0. The average Bonchev–Trinajstić information content (AvgIpc) is 2.81. The van der Waals surface area contributed by atoms with Crippen LogP contribution in [0.25, 0.3) is 11.0 Å². The molecule has 0 radical (unpaired) electrons. The lowest BCUT2D eigenvalue weighted by Gasteiger charge is -2.07. The van der Waals surface area contributed by atoms with E-state index < -0.39 is 5.97 Å². The molecular formula is C14H19N3O3. The van der Waals surface area contributed by atoms with Gasteiger partial charge in [0, 0.05) is 19.8 Å². The summed E-state index contributed by atoms with van der Waals surface area (Å²) in [6.07, 6.45) is 0.777. The molecule has 0 unspecified atom stereocenters. The van der Waals surface area contributed by atoms with Gasteiger partial charge in [0.05, 0.1) is 5.56 Å². The molecule has 108 valence electrons. The molecule has 0 aliphatic rings. The number of carboxylic acid groups (broad SMARTS) is 1. The fourth-order valence-corrected chi connectivity index (χ4v) is 1.99. The molecule has 0 aliphatic heterocycles. The number of para-hydroxylation sites is 1. The number of fused-ring (bicyclic) bond motifs is 1. The molecule has 0 aliphatic carbocycles. The van der Waals surface area contributed by atoms with Gasteiger partial charge >= 0.3 is 5.97 Å². The average molecular weight is 277 g/mol. The predicted octanol–water partition coefficient (Wildman–Crippen LogP) is 2.19. The Labute approximate surface area is 117 Å². The molecule has 6 heteroatoms. The predicted molar refractivity (Wildman–Crippen MR) is 74.8 cm³/mol. The monoisotopic (exact) mass is 277 g/mol. The Balaban J connectivity index is 2.05. The lowest BCUT2D eigenvalue weighted by Crippen LogP contribution is -2.09. The zero-order valence-corrected chi connectivity index (χ0v) is 11.7. The number of benzene rings is 1. The van der Waals surface area contributed by atoms with Gasteiger partial charge in [-0.25, -0.2) is 9.48 Å². The maximum absolute atomic E-state index is 11.2. The quantitative estimate of drug-likeness (QED) is 0.785. The third kappa shape index (κ3) is 3.33. The number of carbonyl (C=O) groups is 1. The Kier molecular flexibility index (Phi) is 4.68. The second kappa shape index (κ2) is 6.47. The molecule has 0 amide bonds. The first-order chi connectivity index (χ1) is 9.59. The first-order valence-corrected chi connectivity index (χ1v) is 6.73. The summed E-state index contributed by atoms with van der Waals surface area (Å²) in [6, 6.07) is 5.01. The third-order valence-corrected chi connectivity index (χ3v) is 2.87. The fourth-order valence-electron chi connectivity index (χ4n) is 1.99. The zero-order chi connectivity index (χ0) is 14.5. The largest absolute Gasteiger partial charge is 0.478 e. The highest BCUT2D eigenvalue weighted by Crippen LogP contribution is 2.16. The van der Waals surface area contributed by atoms with Crippen LogP contribution in [0.1, 0.15) is 30.6 Å². The number of nitrogens with zero attached hydrogens (tertiary/aromatic N) is 3. The fraction of sp³-hybridized carbons (Fsp3) is 0.500. The number of hydrogen-bond acceptors (Lipinski definition) is 4. The molecule has 2 rings (SSSR count). The highest BCUT2D eigenvalue weighted by Gasteiger charge is 2.14. The molecule has 1 aromatic heterocycles.